The van der Waals surface area contributed by atoms with Gasteiger partial charge < -0.3 is 14.1 Å². The maximum absolute atomic E-state index is 5.95. The highest BCUT2D eigenvalue weighted by Gasteiger charge is 2.31. The van der Waals surface area contributed by atoms with Crippen LogP contribution in [-0.2, 0) is 24.4 Å². The molecule has 25 heavy (non-hydrogen) atoms. The molecule has 3 heterocycles. The molecule has 0 saturated carbocycles. The van der Waals surface area contributed by atoms with Gasteiger partial charge in [0.05, 0.1) is 25.5 Å². The SMILES string of the molecule is CCn1nnc2c1[C@H](COCCN(C)C)CN(Cc1ccc(C)o1)C2. The molecule has 1 aliphatic rings. The summed E-state index contributed by atoms with van der Waals surface area (Å²) in [6.07, 6.45) is 0. The maximum Gasteiger partial charge on any atom is 0.118 e. The number of aromatic nitrogens is 3. The van der Waals surface area contributed by atoms with Gasteiger partial charge in [-0.05, 0) is 40.1 Å². The summed E-state index contributed by atoms with van der Waals surface area (Å²) in [5.41, 5.74) is 2.30. The van der Waals surface area contributed by atoms with Gasteiger partial charge in [0.15, 0.2) is 0 Å². The normalized spacial score (nSPS) is 18.0. The molecule has 0 aromatic carbocycles. The Morgan fingerprint density at radius 3 is 2.88 bits per heavy atom. The minimum absolute atomic E-state index is 0.289. The number of likely N-dealkylation sites (N-methyl/N-ethyl adjacent to an activating group) is 1. The average molecular weight is 347 g/mol. The topological polar surface area (TPSA) is 59.6 Å². The van der Waals surface area contributed by atoms with Crippen molar-refractivity contribution in [3.05, 3.63) is 35.0 Å². The fraction of sp³-hybridized carbons (Fsp3) is 0.667. The van der Waals surface area contributed by atoms with Gasteiger partial charge >= 0.3 is 0 Å². The van der Waals surface area contributed by atoms with E-state index in [2.05, 4.69) is 47.2 Å². The second kappa shape index (κ2) is 8.12. The lowest BCUT2D eigenvalue weighted by atomic mass is 9.98. The van der Waals surface area contributed by atoms with Gasteiger partial charge in [0.1, 0.15) is 17.2 Å². The number of nitrogens with zero attached hydrogens (tertiary/aromatic N) is 5. The molecule has 0 unspecified atom stereocenters. The fourth-order valence-corrected chi connectivity index (χ4v) is 3.34. The third-order valence-corrected chi connectivity index (χ3v) is 4.56. The molecule has 1 aliphatic heterocycles. The monoisotopic (exact) mass is 347 g/mol. The van der Waals surface area contributed by atoms with E-state index in [1.165, 1.54) is 5.69 Å². The summed E-state index contributed by atoms with van der Waals surface area (Å²) < 4.78 is 13.7. The Morgan fingerprint density at radius 1 is 1.36 bits per heavy atom. The van der Waals surface area contributed by atoms with Crippen molar-refractivity contribution in [3.63, 3.8) is 0 Å². The summed E-state index contributed by atoms with van der Waals surface area (Å²) >= 11 is 0. The second-order valence-electron chi connectivity index (χ2n) is 6.99. The number of fused-ring (bicyclic) bond motifs is 1. The van der Waals surface area contributed by atoms with Gasteiger partial charge in [0.25, 0.3) is 0 Å². The molecule has 138 valence electrons. The molecular weight excluding hydrogens is 318 g/mol. The van der Waals surface area contributed by atoms with E-state index in [0.717, 1.165) is 56.5 Å². The van der Waals surface area contributed by atoms with Gasteiger partial charge in [0, 0.05) is 32.1 Å². The van der Waals surface area contributed by atoms with Crippen molar-refractivity contribution in [1.82, 2.24) is 24.8 Å². The lowest BCUT2D eigenvalue weighted by Crippen LogP contribution is -2.36. The van der Waals surface area contributed by atoms with Crippen molar-refractivity contribution in [1.29, 1.82) is 0 Å². The van der Waals surface area contributed by atoms with Crippen LogP contribution in [0.2, 0.25) is 0 Å². The third-order valence-electron chi connectivity index (χ3n) is 4.56. The molecule has 0 amide bonds. The number of furan rings is 1. The first kappa shape index (κ1) is 18.1. The van der Waals surface area contributed by atoms with Gasteiger partial charge in [-0.3, -0.25) is 4.90 Å². The third kappa shape index (κ3) is 4.48. The van der Waals surface area contributed by atoms with Crippen LogP contribution in [0.4, 0.5) is 0 Å². The first-order valence-corrected chi connectivity index (χ1v) is 8.99. The fourth-order valence-electron chi connectivity index (χ4n) is 3.34. The van der Waals surface area contributed by atoms with Crippen molar-refractivity contribution in [2.75, 3.05) is 40.4 Å². The van der Waals surface area contributed by atoms with Crippen molar-refractivity contribution in [2.24, 2.45) is 0 Å². The standard InChI is InChI=1S/C18H29N5O2/c1-5-23-18-15(13-24-9-8-21(3)4)10-22(12-17(18)19-20-23)11-16-7-6-14(2)25-16/h6-7,15H,5,8-13H2,1-4H3/t15-/m0/s1. The Labute approximate surface area is 149 Å². The minimum Gasteiger partial charge on any atom is -0.465 e. The summed E-state index contributed by atoms with van der Waals surface area (Å²) in [5, 5.41) is 8.73. The summed E-state index contributed by atoms with van der Waals surface area (Å²) in [5.74, 6) is 2.24. The molecule has 0 saturated heterocycles. The van der Waals surface area contributed by atoms with Crippen LogP contribution < -0.4 is 0 Å². The van der Waals surface area contributed by atoms with Crippen molar-refractivity contribution in [3.8, 4) is 0 Å². The predicted octanol–water partition coefficient (Wildman–Crippen LogP) is 1.88. The molecule has 7 nitrogen and oxygen atoms in total. The highest BCUT2D eigenvalue weighted by atomic mass is 16.5. The van der Waals surface area contributed by atoms with E-state index in [9.17, 15) is 0 Å². The number of aryl methyl sites for hydroxylation is 2. The Balaban J connectivity index is 1.69. The molecular formula is C18H29N5O2. The van der Waals surface area contributed by atoms with Gasteiger partial charge in [-0.2, -0.15) is 0 Å². The lowest BCUT2D eigenvalue weighted by molar-refractivity contribution is 0.0816. The van der Waals surface area contributed by atoms with E-state index in [0.29, 0.717) is 6.61 Å². The Hall–Kier alpha value is -1.70. The van der Waals surface area contributed by atoms with Crippen LogP contribution in [-0.4, -0.2) is 65.2 Å². The molecule has 0 N–H and O–H groups in total. The van der Waals surface area contributed by atoms with Crippen LogP contribution in [0.3, 0.4) is 0 Å². The van der Waals surface area contributed by atoms with Crippen LogP contribution in [0.25, 0.3) is 0 Å². The zero-order valence-electron chi connectivity index (χ0n) is 15.7. The first-order chi connectivity index (χ1) is 12.1. The largest absolute Gasteiger partial charge is 0.465 e. The predicted molar refractivity (Wildman–Crippen MR) is 95.4 cm³/mol. The van der Waals surface area contributed by atoms with Crippen LogP contribution >= 0.6 is 0 Å². The summed E-state index contributed by atoms with van der Waals surface area (Å²) in [6, 6.07) is 4.07. The molecule has 0 radical (unpaired) electrons. The molecule has 0 fully saturated rings. The Morgan fingerprint density at radius 2 is 2.20 bits per heavy atom. The van der Waals surface area contributed by atoms with Crippen LogP contribution in [0.1, 0.15) is 35.7 Å². The zero-order chi connectivity index (χ0) is 17.8. The maximum atomic E-state index is 5.95. The second-order valence-corrected chi connectivity index (χ2v) is 6.99. The zero-order valence-corrected chi connectivity index (χ0v) is 15.7. The van der Waals surface area contributed by atoms with Gasteiger partial charge in [-0.15, -0.1) is 5.10 Å². The smallest absolute Gasteiger partial charge is 0.118 e. The molecule has 1 atom stereocenters. The van der Waals surface area contributed by atoms with Crippen LogP contribution in [0.5, 0.6) is 0 Å². The highest BCUT2D eigenvalue weighted by molar-refractivity contribution is 5.20. The minimum atomic E-state index is 0.289. The van der Waals surface area contributed by atoms with E-state index >= 15 is 0 Å². The molecule has 7 heteroatoms. The quantitative estimate of drug-likeness (QED) is 0.680. The van der Waals surface area contributed by atoms with Crippen molar-refractivity contribution in [2.45, 2.75) is 39.4 Å². The van der Waals surface area contributed by atoms with Crippen LogP contribution in [0, 0.1) is 6.92 Å². The number of hydrogen-bond acceptors (Lipinski definition) is 6. The summed E-state index contributed by atoms with van der Waals surface area (Å²) in [4.78, 5) is 4.50. The average Bonchev–Trinajstić information content (AvgIpc) is 3.17. The Kier molecular flexibility index (Phi) is 5.88. The highest BCUT2D eigenvalue weighted by Crippen LogP contribution is 2.28. The van der Waals surface area contributed by atoms with E-state index in [1.807, 2.05) is 17.7 Å². The molecule has 0 aliphatic carbocycles. The number of hydrogen-bond donors (Lipinski definition) is 0. The van der Waals surface area contributed by atoms with E-state index in [1.54, 1.807) is 0 Å². The van der Waals surface area contributed by atoms with Crippen molar-refractivity contribution >= 4 is 0 Å². The lowest BCUT2D eigenvalue weighted by Gasteiger charge is -2.31. The van der Waals surface area contributed by atoms with Crippen LogP contribution in [0.15, 0.2) is 16.5 Å². The van der Waals surface area contributed by atoms with Gasteiger partial charge in [0.2, 0.25) is 0 Å². The molecule has 0 bridgehead atoms. The number of ether oxygens (including phenoxy) is 1. The number of rotatable bonds is 8. The van der Waals surface area contributed by atoms with Gasteiger partial charge in [-0.1, -0.05) is 5.21 Å². The van der Waals surface area contributed by atoms with E-state index in [4.69, 9.17) is 9.15 Å². The summed E-state index contributed by atoms with van der Waals surface area (Å²) in [7, 11) is 4.12. The van der Waals surface area contributed by atoms with Crippen molar-refractivity contribution < 1.29 is 9.15 Å². The molecule has 3 rings (SSSR count). The molecule has 0 spiro atoms. The van der Waals surface area contributed by atoms with E-state index < -0.39 is 0 Å². The van der Waals surface area contributed by atoms with Gasteiger partial charge in [-0.25, -0.2) is 4.68 Å². The first-order valence-electron chi connectivity index (χ1n) is 8.99. The Bertz CT molecular complexity index is 679. The van der Waals surface area contributed by atoms with E-state index in [-0.39, 0.29) is 5.92 Å². The molecule has 2 aromatic rings. The molecule has 2 aromatic heterocycles. The summed E-state index contributed by atoms with van der Waals surface area (Å²) in [6.45, 7) is 9.83.